The van der Waals surface area contributed by atoms with Crippen LogP contribution >= 0.6 is 11.3 Å². The van der Waals surface area contributed by atoms with Crippen LogP contribution in [0.4, 0.5) is 0 Å². The van der Waals surface area contributed by atoms with E-state index in [-0.39, 0.29) is 23.4 Å². The number of carbonyl (C=O) groups excluding carboxylic acids is 1. The molecule has 0 N–H and O–H groups in total. The Morgan fingerprint density at radius 3 is 2.65 bits per heavy atom. The van der Waals surface area contributed by atoms with Crippen molar-refractivity contribution in [2.75, 3.05) is 26.2 Å². The standard InChI is InChI=1S/C24H36N4O2S/c1-15(2)22-25-23-21(17(4)18(5)31-23)24(30)28(22)19-10-8-11-26(13-19)14-20(29)27-12-7-6-9-16(27)3/h15-16,19H,6-14H2,1-5H3/t16-,19-/m1/s1. The summed E-state index contributed by atoms with van der Waals surface area (Å²) in [5.41, 5.74) is 1.15. The van der Waals surface area contributed by atoms with Gasteiger partial charge in [-0.05, 0) is 65.0 Å². The lowest BCUT2D eigenvalue weighted by Crippen LogP contribution is -2.49. The fraction of sp³-hybridized carbons (Fsp3) is 0.708. The van der Waals surface area contributed by atoms with Crippen molar-refractivity contribution in [1.82, 2.24) is 19.4 Å². The number of piperidine rings is 2. The normalized spacial score (nSPS) is 23.1. The Bertz CT molecular complexity index is 1020. The molecule has 2 saturated heterocycles. The average Bonchev–Trinajstić information content (AvgIpc) is 3.02. The van der Waals surface area contributed by atoms with Gasteiger partial charge in [0.15, 0.2) is 0 Å². The number of aromatic nitrogens is 2. The molecule has 7 heteroatoms. The Morgan fingerprint density at radius 1 is 1.16 bits per heavy atom. The molecule has 2 aliphatic rings. The summed E-state index contributed by atoms with van der Waals surface area (Å²) in [5, 5.41) is 0.780. The van der Waals surface area contributed by atoms with Gasteiger partial charge in [-0.15, -0.1) is 11.3 Å². The molecule has 31 heavy (non-hydrogen) atoms. The lowest BCUT2D eigenvalue weighted by Gasteiger charge is -2.38. The molecule has 2 aromatic rings. The first kappa shape index (κ1) is 22.5. The number of carbonyl (C=O) groups is 1. The first-order chi connectivity index (χ1) is 14.8. The van der Waals surface area contributed by atoms with Crippen LogP contribution in [-0.2, 0) is 4.79 Å². The summed E-state index contributed by atoms with van der Waals surface area (Å²) in [6, 6.07) is 0.412. The quantitative estimate of drug-likeness (QED) is 0.708. The number of rotatable bonds is 4. The molecule has 0 aromatic carbocycles. The Kier molecular flexibility index (Phi) is 6.54. The predicted molar refractivity (Wildman–Crippen MR) is 127 cm³/mol. The molecule has 0 saturated carbocycles. The summed E-state index contributed by atoms with van der Waals surface area (Å²) in [7, 11) is 0. The second-order valence-corrected chi connectivity index (χ2v) is 10.9. The highest BCUT2D eigenvalue weighted by Gasteiger charge is 2.30. The number of hydrogen-bond donors (Lipinski definition) is 0. The van der Waals surface area contributed by atoms with E-state index in [9.17, 15) is 9.59 Å². The van der Waals surface area contributed by atoms with Gasteiger partial charge >= 0.3 is 0 Å². The van der Waals surface area contributed by atoms with Gasteiger partial charge < -0.3 is 4.90 Å². The van der Waals surface area contributed by atoms with E-state index in [0.29, 0.717) is 12.6 Å². The lowest BCUT2D eigenvalue weighted by molar-refractivity contribution is -0.136. The van der Waals surface area contributed by atoms with Gasteiger partial charge in [0.25, 0.3) is 5.56 Å². The fourth-order valence-electron chi connectivity index (χ4n) is 5.22. The third-order valence-electron chi connectivity index (χ3n) is 7.11. The molecule has 0 radical (unpaired) electrons. The van der Waals surface area contributed by atoms with E-state index in [1.165, 1.54) is 11.3 Å². The minimum absolute atomic E-state index is 0.0711. The minimum atomic E-state index is 0.0711. The summed E-state index contributed by atoms with van der Waals surface area (Å²) in [4.78, 5) is 37.9. The van der Waals surface area contributed by atoms with Gasteiger partial charge in [-0.25, -0.2) is 4.98 Å². The van der Waals surface area contributed by atoms with E-state index >= 15 is 0 Å². The summed E-state index contributed by atoms with van der Waals surface area (Å²) >= 11 is 1.62. The number of fused-ring (bicyclic) bond motifs is 1. The molecule has 4 rings (SSSR count). The zero-order valence-electron chi connectivity index (χ0n) is 19.6. The molecule has 0 aliphatic carbocycles. The first-order valence-electron chi connectivity index (χ1n) is 11.8. The molecule has 2 fully saturated rings. The first-order valence-corrected chi connectivity index (χ1v) is 12.6. The van der Waals surface area contributed by atoms with Crippen molar-refractivity contribution >= 4 is 27.5 Å². The van der Waals surface area contributed by atoms with Gasteiger partial charge in [-0.1, -0.05) is 13.8 Å². The highest BCUT2D eigenvalue weighted by molar-refractivity contribution is 7.18. The molecule has 2 atom stereocenters. The van der Waals surface area contributed by atoms with Gasteiger partial charge in [0.1, 0.15) is 10.7 Å². The van der Waals surface area contributed by atoms with Crippen LogP contribution in [0.15, 0.2) is 4.79 Å². The maximum absolute atomic E-state index is 13.6. The Balaban J connectivity index is 1.61. The Labute approximate surface area is 189 Å². The van der Waals surface area contributed by atoms with Crippen molar-refractivity contribution < 1.29 is 4.79 Å². The second kappa shape index (κ2) is 9.02. The van der Waals surface area contributed by atoms with E-state index in [1.54, 1.807) is 11.3 Å². The monoisotopic (exact) mass is 444 g/mol. The average molecular weight is 445 g/mol. The topological polar surface area (TPSA) is 58.4 Å². The van der Waals surface area contributed by atoms with E-state index in [1.807, 2.05) is 11.5 Å². The van der Waals surface area contributed by atoms with E-state index in [4.69, 9.17) is 4.98 Å². The molecular formula is C24H36N4O2S. The molecule has 2 aromatic heterocycles. The summed E-state index contributed by atoms with van der Waals surface area (Å²) in [6.07, 6.45) is 5.38. The van der Waals surface area contributed by atoms with Crippen LogP contribution in [0.5, 0.6) is 0 Å². The van der Waals surface area contributed by atoms with E-state index in [0.717, 1.165) is 66.9 Å². The smallest absolute Gasteiger partial charge is 0.262 e. The highest BCUT2D eigenvalue weighted by atomic mass is 32.1. The Hall–Kier alpha value is -1.73. The van der Waals surface area contributed by atoms with Crippen molar-refractivity contribution in [1.29, 1.82) is 0 Å². The van der Waals surface area contributed by atoms with Crippen LogP contribution in [0.25, 0.3) is 10.2 Å². The third-order valence-corrected chi connectivity index (χ3v) is 8.21. The predicted octanol–water partition coefficient (Wildman–Crippen LogP) is 4.24. The number of likely N-dealkylation sites (tertiary alicyclic amines) is 2. The SMILES string of the molecule is Cc1sc2nc(C(C)C)n([C@@H]3CCCN(CC(=O)N4CCCC[C@H]4C)C3)c(=O)c2c1C. The van der Waals surface area contributed by atoms with Crippen LogP contribution in [0, 0.1) is 13.8 Å². The van der Waals surface area contributed by atoms with Crippen molar-refractivity contribution in [3.05, 3.63) is 26.6 Å². The number of hydrogen-bond acceptors (Lipinski definition) is 5. The highest BCUT2D eigenvalue weighted by Crippen LogP contribution is 2.30. The van der Waals surface area contributed by atoms with Gasteiger partial charge in [0.2, 0.25) is 5.91 Å². The molecule has 0 spiro atoms. The summed E-state index contributed by atoms with van der Waals surface area (Å²) in [6.45, 7) is 13.5. The van der Waals surface area contributed by atoms with Gasteiger partial charge in [-0.3, -0.25) is 19.1 Å². The number of amides is 1. The third kappa shape index (κ3) is 4.31. The maximum atomic E-state index is 13.6. The largest absolute Gasteiger partial charge is 0.339 e. The molecule has 1 amide bonds. The zero-order chi connectivity index (χ0) is 22.3. The number of thiophene rings is 1. The van der Waals surface area contributed by atoms with Gasteiger partial charge in [0, 0.05) is 29.9 Å². The van der Waals surface area contributed by atoms with Crippen molar-refractivity contribution in [2.24, 2.45) is 0 Å². The molecule has 0 unspecified atom stereocenters. The lowest BCUT2D eigenvalue weighted by atomic mass is 10.0. The molecule has 4 heterocycles. The fourth-order valence-corrected chi connectivity index (χ4v) is 6.25. The van der Waals surface area contributed by atoms with Crippen LogP contribution < -0.4 is 5.56 Å². The Morgan fingerprint density at radius 2 is 1.94 bits per heavy atom. The molecule has 2 aliphatic heterocycles. The molecule has 170 valence electrons. The van der Waals surface area contributed by atoms with Crippen molar-refractivity contribution in [3.63, 3.8) is 0 Å². The summed E-state index contributed by atoms with van der Waals surface area (Å²) in [5.74, 6) is 1.29. The molecular weight excluding hydrogens is 408 g/mol. The van der Waals surface area contributed by atoms with Crippen LogP contribution in [0.3, 0.4) is 0 Å². The van der Waals surface area contributed by atoms with E-state index in [2.05, 4.69) is 37.5 Å². The van der Waals surface area contributed by atoms with Crippen LogP contribution in [0.2, 0.25) is 0 Å². The van der Waals surface area contributed by atoms with Gasteiger partial charge in [-0.2, -0.15) is 0 Å². The summed E-state index contributed by atoms with van der Waals surface area (Å²) < 4.78 is 1.96. The maximum Gasteiger partial charge on any atom is 0.262 e. The zero-order valence-corrected chi connectivity index (χ0v) is 20.4. The van der Waals surface area contributed by atoms with Crippen LogP contribution in [0.1, 0.15) is 81.1 Å². The second-order valence-electron chi connectivity index (χ2n) is 9.73. The number of nitrogens with zero attached hydrogens (tertiary/aromatic N) is 4. The van der Waals surface area contributed by atoms with Crippen LogP contribution in [-0.4, -0.2) is 57.5 Å². The minimum Gasteiger partial charge on any atom is -0.339 e. The van der Waals surface area contributed by atoms with Crippen molar-refractivity contribution in [3.8, 4) is 0 Å². The number of aryl methyl sites for hydroxylation is 2. The van der Waals surface area contributed by atoms with Crippen molar-refractivity contribution in [2.45, 2.75) is 84.7 Å². The van der Waals surface area contributed by atoms with E-state index < -0.39 is 0 Å². The molecule has 6 nitrogen and oxygen atoms in total. The van der Waals surface area contributed by atoms with Gasteiger partial charge in [0.05, 0.1) is 18.0 Å². The molecule has 0 bridgehead atoms.